The highest BCUT2D eigenvalue weighted by atomic mass is 16.2. The molecule has 3 heterocycles. The predicted molar refractivity (Wildman–Crippen MR) is 375 cm³/mol. The minimum absolute atomic E-state index is 0.0687. The van der Waals surface area contributed by atoms with Crippen molar-refractivity contribution in [2.75, 3.05) is 0 Å². The van der Waals surface area contributed by atoms with Crippen LogP contribution < -0.4 is 43.7 Å². The van der Waals surface area contributed by atoms with Crippen LogP contribution in [0, 0.1) is 0 Å². The SMILES string of the molecule is Bc1ccc2c3ccc4c5c(ccc(c6ccc(B)c1c26)c53)C(=O)N(Bc1cc(B)c2c(B)ccc3c5c(BN6C(=O)c7ccc8c9ccc(B)c%10c(B)ccc(c%11ccc(c7c8%11)C6=O)c%109)cc6c7c(ccc(c1c23)c75)C(=O)N(BCC)C6=O)C4=O. The summed E-state index contributed by atoms with van der Waals surface area (Å²) in [6.07, 6.45) is 0.542. The van der Waals surface area contributed by atoms with Crippen LogP contribution in [0.5, 0.6) is 0 Å². The molecule has 0 N–H and O–H groups in total. The van der Waals surface area contributed by atoms with Gasteiger partial charge in [-0.15, -0.1) is 0 Å². The average Bonchev–Trinajstić information content (AvgIpc) is 0.759. The summed E-state index contributed by atoms with van der Waals surface area (Å²) in [6, 6.07) is 44.6. The molecular formula is C68H42B9N3O6. The van der Waals surface area contributed by atoms with E-state index in [0.29, 0.717) is 72.1 Å². The van der Waals surface area contributed by atoms with Crippen LogP contribution in [0.4, 0.5) is 0 Å². The minimum Gasteiger partial charge on any atom is -0.325 e. The van der Waals surface area contributed by atoms with Gasteiger partial charge in [0.25, 0.3) is 14.8 Å². The molecule has 0 saturated carbocycles. The molecule has 18 heteroatoms. The molecule has 0 aliphatic carbocycles. The topological polar surface area (TPSA) is 112 Å². The molecule has 9 nitrogen and oxygen atoms in total. The van der Waals surface area contributed by atoms with Crippen LogP contribution in [-0.2, 0) is 0 Å². The number of fused-ring (bicyclic) bond motifs is 6. The highest BCUT2D eigenvalue weighted by Gasteiger charge is 2.41. The maximum Gasteiger partial charge on any atom is 0.284 e. The Bertz CT molecular complexity index is 5720. The third-order valence-corrected chi connectivity index (χ3v) is 20.3. The lowest BCUT2D eigenvalue weighted by molar-refractivity contribution is 0.0706. The Morgan fingerprint density at radius 1 is 0.267 bits per heavy atom. The molecule has 6 amide bonds. The average molecular weight is 1090 g/mol. The smallest absolute Gasteiger partial charge is 0.284 e. The number of carbonyl (C=O) groups is 6. The molecule has 0 spiro atoms. The number of nitrogens with zero attached hydrogens (tertiary/aromatic N) is 3. The van der Waals surface area contributed by atoms with E-state index in [-0.39, 0.29) is 22.2 Å². The van der Waals surface area contributed by atoms with Gasteiger partial charge in [-0.25, -0.2) is 0 Å². The molecule has 0 fully saturated rings. The lowest BCUT2D eigenvalue weighted by atomic mass is 9.66. The fourth-order valence-electron chi connectivity index (χ4n) is 16.7. The first kappa shape index (κ1) is 49.6. The molecule has 18 rings (SSSR count). The van der Waals surface area contributed by atoms with Gasteiger partial charge in [-0.1, -0.05) is 155 Å². The Hall–Kier alpha value is -9.80. The molecule has 3 aliphatic heterocycles. The van der Waals surface area contributed by atoms with Crippen molar-refractivity contribution < 1.29 is 28.8 Å². The van der Waals surface area contributed by atoms with Gasteiger partial charge in [0.1, 0.15) is 47.1 Å². The zero-order chi connectivity index (χ0) is 58.5. The van der Waals surface area contributed by atoms with Gasteiger partial charge in [0.2, 0.25) is 42.9 Å². The minimum atomic E-state index is -0.450. The summed E-state index contributed by atoms with van der Waals surface area (Å²) in [6.45, 7) is 1.93. The number of hydrogen-bond donors (Lipinski definition) is 0. The fraction of sp³-hybridized carbons (Fsp3) is 0.0294. The first-order chi connectivity index (χ1) is 41.6. The maximum atomic E-state index is 15.5. The number of hydrogen-bond acceptors (Lipinski definition) is 6. The van der Waals surface area contributed by atoms with E-state index in [2.05, 4.69) is 114 Å². The van der Waals surface area contributed by atoms with Crippen molar-refractivity contribution in [2.24, 2.45) is 0 Å². The summed E-state index contributed by atoms with van der Waals surface area (Å²) < 4.78 is 0. The first-order valence-corrected chi connectivity index (χ1v) is 29.7. The van der Waals surface area contributed by atoms with Crippen molar-refractivity contribution in [3.05, 3.63) is 167 Å². The van der Waals surface area contributed by atoms with Crippen LogP contribution in [0.25, 0.3) is 129 Å². The number of rotatable bonds is 6. The second-order valence-electron chi connectivity index (χ2n) is 24.8. The standard InChI is InChI=1S/C68H42B9N3O6/c1-2-75-78-63(81)39-12-7-33-57-48(77-80-66(84)37-10-5-27-31-15-20-43(71)61-44(72)21-16-32(52(31)61)28-6-11-38(67(80)85)54(37)50(27)28)24-46(74)62-45(73)22-17-34(59(57)62)56-47(23-40(68(78)86)55(39)58(33)56)76-79-64(82)35-8-3-25-29-13-18-41(69)60-42(70)19-14-30(51(29)60)26-4-9-36(65(79)83)53(35)49(25)26/h3-24,75-77H,2,69-74H2,1H3. The van der Waals surface area contributed by atoms with Crippen molar-refractivity contribution >= 4 is 278 Å². The van der Waals surface area contributed by atoms with Crippen LogP contribution >= 0.6 is 0 Å². The third kappa shape index (κ3) is 5.92. The lowest BCUT2D eigenvalue weighted by Gasteiger charge is -2.32. The van der Waals surface area contributed by atoms with Gasteiger partial charge in [-0.05, 0) is 149 Å². The van der Waals surface area contributed by atoms with E-state index in [9.17, 15) is 4.79 Å². The Morgan fingerprint density at radius 3 is 0.907 bits per heavy atom. The molecule has 3 aliphatic rings. The molecule has 0 aromatic heterocycles. The number of benzene rings is 15. The number of carbonyl (C=O) groups excluding carboxylic acids is 6. The maximum absolute atomic E-state index is 15.5. The van der Waals surface area contributed by atoms with Crippen LogP contribution in [0.15, 0.2) is 133 Å². The summed E-state index contributed by atoms with van der Waals surface area (Å²) in [4.78, 5) is 95.5. The van der Waals surface area contributed by atoms with Gasteiger partial charge < -0.3 is 14.4 Å². The van der Waals surface area contributed by atoms with Gasteiger partial charge in [0, 0.05) is 49.5 Å². The number of imide groups is 3. The largest absolute Gasteiger partial charge is 0.325 e. The molecule has 0 radical (unpaired) electrons. The summed E-state index contributed by atoms with van der Waals surface area (Å²) in [7, 11) is 12.6. The summed E-state index contributed by atoms with van der Waals surface area (Å²) in [5.74, 6) is -2.50. The molecule has 392 valence electrons. The zero-order valence-electron chi connectivity index (χ0n) is 48.3. The van der Waals surface area contributed by atoms with Crippen molar-refractivity contribution in [1.82, 2.24) is 14.4 Å². The fourth-order valence-corrected chi connectivity index (χ4v) is 16.7. The molecule has 15 aromatic carbocycles. The Balaban J connectivity index is 0.838. The third-order valence-electron chi connectivity index (χ3n) is 20.3. The summed E-state index contributed by atoms with van der Waals surface area (Å²) >= 11 is 0. The monoisotopic (exact) mass is 1100 g/mol. The molecule has 0 saturated heterocycles. The molecule has 86 heavy (non-hydrogen) atoms. The number of amides is 6. The summed E-state index contributed by atoms with van der Waals surface area (Å²) in [5, 5.41) is 22.2. The zero-order valence-corrected chi connectivity index (χ0v) is 48.3. The van der Waals surface area contributed by atoms with Crippen molar-refractivity contribution in [3.63, 3.8) is 0 Å². The van der Waals surface area contributed by atoms with Gasteiger partial charge in [0.15, 0.2) is 0 Å². The van der Waals surface area contributed by atoms with Gasteiger partial charge in [-0.3, -0.25) is 28.8 Å². The van der Waals surface area contributed by atoms with E-state index in [1.165, 1.54) is 57.8 Å². The van der Waals surface area contributed by atoms with Crippen LogP contribution in [0.2, 0.25) is 6.32 Å². The molecule has 0 bridgehead atoms. The second kappa shape index (κ2) is 16.8. The quantitative estimate of drug-likeness (QED) is 0.108. The van der Waals surface area contributed by atoms with Gasteiger partial charge in [0.05, 0.1) is 0 Å². The highest BCUT2D eigenvalue weighted by Crippen LogP contribution is 2.47. The molecule has 15 aromatic rings. The molecular weight excluding hydrogens is 1050 g/mol. The Morgan fingerprint density at radius 2 is 0.535 bits per heavy atom. The van der Waals surface area contributed by atoms with E-state index in [4.69, 9.17) is 0 Å². The predicted octanol–water partition coefficient (Wildman–Crippen LogP) is 1.32. The van der Waals surface area contributed by atoms with Crippen LogP contribution in [-0.4, -0.2) is 119 Å². The van der Waals surface area contributed by atoms with Crippen molar-refractivity contribution in [3.8, 4) is 0 Å². The van der Waals surface area contributed by atoms with E-state index in [1.807, 2.05) is 67.6 Å². The molecule has 0 unspecified atom stereocenters. The molecule has 0 atom stereocenters. The van der Waals surface area contributed by atoms with Crippen LogP contribution in [0.3, 0.4) is 0 Å². The second-order valence-corrected chi connectivity index (χ2v) is 24.8. The van der Waals surface area contributed by atoms with E-state index < -0.39 is 35.4 Å². The van der Waals surface area contributed by atoms with Gasteiger partial charge in [-0.2, -0.15) is 0 Å². The first-order valence-electron chi connectivity index (χ1n) is 29.7. The van der Waals surface area contributed by atoms with Gasteiger partial charge >= 0.3 is 0 Å². The van der Waals surface area contributed by atoms with Crippen molar-refractivity contribution in [1.29, 1.82) is 0 Å². The van der Waals surface area contributed by atoms with E-state index in [1.54, 1.807) is 6.07 Å². The van der Waals surface area contributed by atoms with Crippen LogP contribution in [0.1, 0.15) is 69.1 Å². The summed E-state index contributed by atoms with van der Waals surface area (Å²) in [5.41, 5.74) is 10.5. The van der Waals surface area contributed by atoms with Crippen molar-refractivity contribution in [2.45, 2.75) is 13.2 Å². The Labute approximate surface area is 498 Å². The lowest BCUT2D eigenvalue weighted by Crippen LogP contribution is -2.48. The normalized spacial score (nSPS) is 14.5. The van der Waals surface area contributed by atoms with E-state index in [0.717, 1.165) is 97.2 Å². The highest BCUT2D eigenvalue weighted by molar-refractivity contribution is 6.69. The van der Waals surface area contributed by atoms with E-state index >= 15 is 24.0 Å². The Kier molecular flexibility index (Phi) is 9.67.